The summed E-state index contributed by atoms with van der Waals surface area (Å²) in [6, 6.07) is 24.3. The molecule has 0 saturated carbocycles. The van der Waals surface area contributed by atoms with Gasteiger partial charge in [0.05, 0.1) is 29.3 Å². The van der Waals surface area contributed by atoms with Crippen molar-refractivity contribution in [1.82, 2.24) is 25.3 Å². The summed E-state index contributed by atoms with van der Waals surface area (Å²) in [5.41, 5.74) is 13.2. The van der Waals surface area contributed by atoms with E-state index in [1.807, 2.05) is 29.2 Å². The third-order valence-electron chi connectivity index (χ3n) is 14.4. The van der Waals surface area contributed by atoms with Gasteiger partial charge in [0.1, 0.15) is 23.6 Å². The standard InChI is InChI=1S/C48H58N10O5/c1-53-24-25-57(41-14-15-44(60)50-48(41)62)40-10-5-9-37(46(40)53)31-16-20-54(21-17-31)30-45(61)55-22-18-35(19-23-55)63-36-7-4-6-32(26-36)58-33-12-13-34(58)29-56(28-33)42-27-39(51-52-47(42)49)38-8-2-3-11-43(38)59/h2-11,26-27,31,33-35,41,59H,12-25,28-30H2,1H3,(H2,49,52)(H,50,60,62)/t33-,34+,41-/m1/s1. The summed E-state index contributed by atoms with van der Waals surface area (Å²) in [4.78, 5) is 52.0. The van der Waals surface area contributed by atoms with E-state index < -0.39 is 0 Å². The van der Waals surface area contributed by atoms with Crippen molar-refractivity contribution in [2.45, 2.75) is 81.5 Å². The molecule has 15 heteroatoms. The Hall–Kier alpha value is -6.09. The van der Waals surface area contributed by atoms with Crippen LogP contribution >= 0.6 is 0 Å². The molecule has 3 amide bonds. The number of amides is 3. The van der Waals surface area contributed by atoms with Gasteiger partial charge in [0, 0.05) is 95.0 Å². The van der Waals surface area contributed by atoms with Crippen LogP contribution in [0.2, 0.25) is 0 Å². The molecule has 1 aromatic heterocycles. The third kappa shape index (κ3) is 8.18. The number of carbonyl (C=O) groups excluding carboxylic acids is 3. The highest BCUT2D eigenvalue weighted by atomic mass is 16.5. The first-order valence-electron chi connectivity index (χ1n) is 22.8. The van der Waals surface area contributed by atoms with Crippen LogP contribution in [-0.4, -0.2) is 133 Å². The maximum absolute atomic E-state index is 13.6. The van der Waals surface area contributed by atoms with Crippen molar-refractivity contribution in [2.24, 2.45) is 0 Å². The SMILES string of the molecule is CN1CCN([C@@H]2CCC(=O)NC2=O)c2cccc(C3CCN(CC(=O)N4CCC(Oc5cccc(N6[C@@H]7CC[C@H]6CN(c6cc(-c8ccccc8O)nnc6N)C7)c5)CC4)CC3)c21. The highest BCUT2D eigenvalue weighted by Crippen LogP contribution is 2.44. The number of imide groups is 1. The number of aromatic hydroxyl groups is 1. The Morgan fingerprint density at radius 1 is 0.825 bits per heavy atom. The number of nitrogens with two attached hydrogens (primary N) is 1. The number of nitrogens with zero attached hydrogens (tertiary/aromatic N) is 8. The van der Waals surface area contributed by atoms with E-state index in [4.69, 9.17) is 10.5 Å². The van der Waals surface area contributed by atoms with E-state index in [1.165, 1.54) is 16.9 Å². The van der Waals surface area contributed by atoms with Gasteiger partial charge >= 0.3 is 0 Å². The van der Waals surface area contributed by atoms with Crippen molar-refractivity contribution >= 4 is 46.3 Å². The van der Waals surface area contributed by atoms with Gasteiger partial charge in [-0.25, -0.2) is 0 Å². The summed E-state index contributed by atoms with van der Waals surface area (Å²) in [7, 11) is 2.13. The summed E-state index contributed by atoms with van der Waals surface area (Å²) in [6.07, 6.45) is 6.67. The van der Waals surface area contributed by atoms with Crippen molar-refractivity contribution in [3.63, 3.8) is 0 Å². The number of anilines is 5. The van der Waals surface area contributed by atoms with Crippen LogP contribution in [0.5, 0.6) is 11.5 Å². The normalized spacial score (nSPS) is 23.5. The van der Waals surface area contributed by atoms with Crippen LogP contribution in [0, 0.1) is 0 Å². The zero-order chi connectivity index (χ0) is 43.2. The number of rotatable bonds is 9. The fourth-order valence-electron chi connectivity index (χ4n) is 11.1. The topological polar surface area (TPSA) is 164 Å². The smallest absolute Gasteiger partial charge is 0.249 e. The third-order valence-corrected chi connectivity index (χ3v) is 14.4. The predicted octanol–water partition coefficient (Wildman–Crippen LogP) is 4.60. The Morgan fingerprint density at radius 2 is 1.59 bits per heavy atom. The minimum atomic E-state index is -0.332. The number of piperazine rings is 1. The van der Waals surface area contributed by atoms with E-state index in [9.17, 15) is 19.5 Å². The van der Waals surface area contributed by atoms with Crippen LogP contribution in [0.4, 0.5) is 28.6 Å². The molecule has 7 heterocycles. The Labute approximate surface area is 368 Å². The molecule has 2 bridgehead atoms. The van der Waals surface area contributed by atoms with Crippen molar-refractivity contribution in [3.05, 3.63) is 78.4 Å². The van der Waals surface area contributed by atoms with Gasteiger partial charge in [-0.3, -0.25) is 24.6 Å². The molecule has 10 rings (SSSR count). The maximum Gasteiger partial charge on any atom is 0.249 e. The summed E-state index contributed by atoms with van der Waals surface area (Å²) in [5, 5.41) is 21.5. The maximum atomic E-state index is 13.6. The second-order valence-corrected chi connectivity index (χ2v) is 18.3. The number of likely N-dealkylation sites (tertiary alicyclic amines) is 2. The second kappa shape index (κ2) is 17.2. The number of aromatic nitrogens is 2. The number of para-hydroxylation sites is 2. The molecule has 6 aliphatic heterocycles. The summed E-state index contributed by atoms with van der Waals surface area (Å²) >= 11 is 0. The highest BCUT2D eigenvalue weighted by molar-refractivity contribution is 6.02. The summed E-state index contributed by atoms with van der Waals surface area (Å²) in [5.74, 6) is 1.60. The van der Waals surface area contributed by atoms with Crippen molar-refractivity contribution in [3.8, 4) is 22.8 Å². The van der Waals surface area contributed by atoms with E-state index in [0.717, 1.165) is 94.9 Å². The monoisotopic (exact) mass is 854 g/mol. The van der Waals surface area contributed by atoms with Gasteiger partial charge in [0.2, 0.25) is 17.7 Å². The summed E-state index contributed by atoms with van der Waals surface area (Å²) in [6.45, 7) is 6.72. The number of hydrogen-bond donors (Lipinski definition) is 3. The predicted molar refractivity (Wildman–Crippen MR) is 243 cm³/mol. The number of piperidine rings is 3. The minimum Gasteiger partial charge on any atom is -0.507 e. The van der Waals surface area contributed by atoms with Crippen molar-refractivity contribution in [1.29, 1.82) is 0 Å². The molecule has 3 atom stereocenters. The molecule has 0 spiro atoms. The fraction of sp³-hybridized carbons (Fsp3) is 0.479. The van der Waals surface area contributed by atoms with Crippen molar-refractivity contribution < 1.29 is 24.2 Å². The van der Waals surface area contributed by atoms with Gasteiger partial charge in [-0.1, -0.05) is 30.3 Å². The molecule has 5 saturated heterocycles. The van der Waals surface area contributed by atoms with E-state index >= 15 is 0 Å². The largest absolute Gasteiger partial charge is 0.507 e. The van der Waals surface area contributed by atoms with E-state index in [0.29, 0.717) is 67.6 Å². The van der Waals surface area contributed by atoms with Crippen LogP contribution < -0.4 is 35.4 Å². The molecule has 15 nitrogen and oxygen atoms in total. The lowest BCUT2D eigenvalue weighted by Crippen LogP contribution is -2.55. The summed E-state index contributed by atoms with van der Waals surface area (Å²) < 4.78 is 6.60. The molecule has 5 fully saturated rings. The number of benzene rings is 3. The average molecular weight is 855 g/mol. The lowest BCUT2D eigenvalue weighted by atomic mass is 9.86. The van der Waals surface area contributed by atoms with Gasteiger partial charge in [-0.15, -0.1) is 10.2 Å². The zero-order valence-corrected chi connectivity index (χ0v) is 36.1. The number of ether oxygens (including phenoxy) is 1. The Kier molecular flexibility index (Phi) is 11.2. The number of phenols is 1. The van der Waals surface area contributed by atoms with Crippen molar-refractivity contribution in [2.75, 3.05) is 91.3 Å². The first-order chi connectivity index (χ1) is 30.7. The lowest BCUT2D eigenvalue weighted by Gasteiger charge is -2.44. The van der Waals surface area contributed by atoms with E-state index in [1.54, 1.807) is 12.1 Å². The van der Waals surface area contributed by atoms with Gasteiger partial charge in [-0.05, 0) is 93.1 Å². The molecule has 4 N–H and O–H groups in total. The minimum absolute atomic E-state index is 0.0508. The molecule has 0 unspecified atom stereocenters. The van der Waals surface area contributed by atoms with E-state index in [-0.39, 0.29) is 35.6 Å². The quantitative estimate of drug-likeness (QED) is 0.201. The zero-order valence-electron chi connectivity index (χ0n) is 36.1. The molecule has 3 aromatic carbocycles. The average Bonchev–Trinajstić information content (AvgIpc) is 3.56. The number of likely N-dealkylation sites (N-methyl/N-ethyl adjacent to an activating group) is 1. The molecule has 330 valence electrons. The number of hydrogen-bond acceptors (Lipinski definition) is 13. The Morgan fingerprint density at radius 3 is 2.35 bits per heavy atom. The molecule has 4 aromatic rings. The van der Waals surface area contributed by atoms with Gasteiger partial charge in [0.15, 0.2) is 5.82 Å². The van der Waals surface area contributed by atoms with Gasteiger partial charge < -0.3 is 40.1 Å². The number of carbonyl (C=O) groups is 3. The molecular formula is C48H58N10O5. The molecule has 0 aliphatic carbocycles. The molecule has 6 aliphatic rings. The fourth-order valence-corrected chi connectivity index (χ4v) is 11.1. The van der Waals surface area contributed by atoms with Gasteiger partial charge in [0.25, 0.3) is 0 Å². The Balaban J connectivity index is 0.708. The van der Waals surface area contributed by atoms with Gasteiger partial charge in [-0.2, -0.15) is 0 Å². The van der Waals surface area contributed by atoms with Crippen LogP contribution in [0.15, 0.2) is 72.8 Å². The first-order valence-corrected chi connectivity index (χ1v) is 22.8. The Bertz CT molecular complexity index is 2350. The highest BCUT2D eigenvalue weighted by Gasteiger charge is 2.41. The van der Waals surface area contributed by atoms with E-state index in [2.05, 4.69) is 83.5 Å². The molecular weight excluding hydrogens is 797 g/mol. The van der Waals surface area contributed by atoms with Crippen LogP contribution in [0.1, 0.15) is 62.8 Å². The second-order valence-electron chi connectivity index (χ2n) is 18.3. The number of nitrogens with one attached hydrogen (secondary N) is 1. The van der Waals surface area contributed by atoms with Crippen LogP contribution in [0.25, 0.3) is 11.3 Å². The number of fused-ring (bicyclic) bond motifs is 3. The van der Waals surface area contributed by atoms with Crippen LogP contribution in [-0.2, 0) is 14.4 Å². The molecule has 0 radical (unpaired) electrons. The molecule has 63 heavy (non-hydrogen) atoms. The lowest BCUT2D eigenvalue weighted by molar-refractivity contribution is -0.135. The van der Waals surface area contributed by atoms with Crippen LogP contribution in [0.3, 0.4) is 0 Å². The number of nitrogen functional groups attached to an aromatic ring is 1. The number of phenolic OH excluding ortho intramolecular Hbond substituents is 1. The first kappa shape index (κ1) is 41.0.